The molecule has 0 aliphatic heterocycles. The molecule has 98 valence electrons. The second-order valence-corrected chi connectivity index (χ2v) is 4.47. The molecule has 0 spiro atoms. The second-order valence-electron chi connectivity index (χ2n) is 4.47. The van der Waals surface area contributed by atoms with Crippen molar-refractivity contribution in [3.8, 4) is 0 Å². The van der Waals surface area contributed by atoms with E-state index < -0.39 is 0 Å². The number of hydrogen-bond acceptors (Lipinski definition) is 4. The van der Waals surface area contributed by atoms with Crippen LogP contribution in [0.25, 0.3) is 0 Å². The summed E-state index contributed by atoms with van der Waals surface area (Å²) in [5.41, 5.74) is 0.979. The molecule has 0 amide bonds. The lowest BCUT2D eigenvalue weighted by Gasteiger charge is -2.04. The summed E-state index contributed by atoms with van der Waals surface area (Å²) in [4.78, 5) is 0. The van der Waals surface area contributed by atoms with Crippen molar-refractivity contribution in [3.63, 3.8) is 0 Å². The highest BCUT2D eigenvalue weighted by Gasteiger charge is 2.01. The number of nitrogens with zero attached hydrogens (tertiary/aromatic N) is 3. The molecule has 0 atom stereocenters. The van der Waals surface area contributed by atoms with Gasteiger partial charge in [0.05, 0.1) is 18.8 Å². The van der Waals surface area contributed by atoms with Crippen LogP contribution in [0.3, 0.4) is 0 Å². The Kier molecular flexibility index (Phi) is 6.81. The number of hydrogen-bond donors (Lipinski definition) is 1. The molecule has 1 aromatic rings. The lowest BCUT2D eigenvalue weighted by Crippen LogP contribution is -2.21. The van der Waals surface area contributed by atoms with Crippen molar-refractivity contribution in [2.45, 2.75) is 52.7 Å². The fourth-order valence-corrected chi connectivity index (χ4v) is 1.34. The van der Waals surface area contributed by atoms with Gasteiger partial charge in [0.1, 0.15) is 0 Å². The molecule has 0 fully saturated rings. The van der Waals surface area contributed by atoms with E-state index in [1.807, 2.05) is 10.9 Å². The van der Waals surface area contributed by atoms with Gasteiger partial charge in [0.25, 0.3) is 0 Å². The van der Waals surface area contributed by atoms with Crippen LogP contribution in [0.4, 0.5) is 0 Å². The summed E-state index contributed by atoms with van der Waals surface area (Å²) in [6.07, 6.45) is 4.27. The topological polar surface area (TPSA) is 52.0 Å². The molecular formula is C12H24N4O. The summed E-state index contributed by atoms with van der Waals surface area (Å²) in [5.74, 6) is 0. The quantitative estimate of drug-likeness (QED) is 0.666. The number of ether oxygens (including phenoxy) is 1. The van der Waals surface area contributed by atoms with Gasteiger partial charge in [-0.05, 0) is 6.42 Å². The second kappa shape index (κ2) is 8.20. The van der Waals surface area contributed by atoms with Crippen LogP contribution in [-0.4, -0.2) is 34.2 Å². The summed E-state index contributed by atoms with van der Waals surface area (Å²) < 4.78 is 7.32. The zero-order valence-electron chi connectivity index (χ0n) is 11.1. The highest BCUT2D eigenvalue weighted by atomic mass is 16.5. The standard InChI is InChI=1S/C12H24N4O/c1-4-5-7-17-8-6-16-10-12(14-15-16)9-13-11(2)3/h10-11,13H,4-9H2,1-3H3. The number of aromatic nitrogens is 3. The minimum Gasteiger partial charge on any atom is -0.380 e. The average molecular weight is 240 g/mol. The predicted octanol–water partition coefficient (Wildman–Crippen LogP) is 1.59. The Labute approximate surface area is 104 Å². The highest BCUT2D eigenvalue weighted by Crippen LogP contribution is 1.95. The summed E-state index contributed by atoms with van der Waals surface area (Å²) in [6.45, 7) is 9.49. The Hall–Kier alpha value is -0.940. The van der Waals surface area contributed by atoms with Crippen molar-refractivity contribution >= 4 is 0 Å². The molecule has 0 saturated carbocycles. The maximum Gasteiger partial charge on any atom is 0.0964 e. The minimum atomic E-state index is 0.470. The molecule has 1 heterocycles. The molecule has 0 bridgehead atoms. The fourth-order valence-electron chi connectivity index (χ4n) is 1.34. The van der Waals surface area contributed by atoms with Crippen molar-refractivity contribution in [1.82, 2.24) is 20.3 Å². The first kappa shape index (κ1) is 14.1. The van der Waals surface area contributed by atoms with E-state index >= 15 is 0 Å². The predicted molar refractivity (Wildman–Crippen MR) is 67.7 cm³/mol. The highest BCUT2D eigenvalue weighted by molar-refractivity contribution is 4.91. The van der Waals surface area contributed by atoms with Gasteiger partial charge in [-0.2, -0.15) is 0 Å². The van der Waals surface area contributed by atoms with Gasteiger partial charge >= 0.3 is 0 Å². The molecule has 0 unspecified atom stereocenters. The molecule has 0 aliphatic rings. The summed E-state index contributed by atoms with van der Waals surface area (Å²) >= 11 is 0. The Morgan fingerprint density at radius 2 is 2.24 bits per heavy atom. The average Bonchev–Trinajstić information content (AvgIpc) is 2.74. The van der Waals surface area contributed by atoms with Crippen LogP contribution in [0.1, 0.15) is 39.3 Å². The first-order valence-corrected chi connectivity index (χ1v) is 6.42. The van der Waals surface area contributed by atoms with Gasteiger partial charge in [-0.25, -0.2) is 4.68 Å². The zero-order chi connectivity index (χ0) is 12.5. The molecule has 1 rings (SSSR count). The van der Waals surface area contributed by atoms with E-state index in [1.165, 1.54) is 6.42 Å². The molecule has 1 aromatic heterocycles. The minimum absolute atomic E-state index is 0.470. The molecule has 1 N–H and O–H groups in total. The monoisotopic (exact) mass is 240 g/mol. The van der Waals surface area contributed by atoms with Gasteiger partial charge in [0.15, 0.2) is 0 Å². The van der Waals surface area contributed by atoms with Gasteiger partial charge in [0.2, 0.25) is 0 Å². The maximum absolute atomic E-state index is 5.48. The van der Waals surface area contributed by atoms with E-state index in [4.69, 9.17) is 4.74 Å². The summed E-state index contributed by atoms with van der Waals surface area (Å²) in [6, 6.07) is 0.470. The molecular weight excluding hydrogens is 216 g/mol. The number of unbranched alkanes of at least 4 members (excludes halogenated alkanes) is 1. The third-order valence-electron chi connectivity index (χ3n) is 2.38. The van der Waals surface area contributed by atoms with E-state index in [-0.39, 0.29) is 0 Å². The Balaban J connectivity index is 2.17. The Morgan fingerprint density at radius 1 is 1.41 bits per heavy atom. The number of rotatable bonds is 9. The van der Waals surface area contributed by atoms with Crippen molar-refractivity contribution < 1.29 is 4.74 Å². The van der Waals surface area contributed by atoms with Gasteiger partial charge in [-0.1, -0.05) is 32.4 Å². The van der Waals surface area contributed by atoms with Crippen LogP contribution in [-0.2, 0) is 17.8 Å². The van der Waals surface area contributed by atoms with Gasteiger partial charge in [-0.3, -0.25) is 0 Å². The maximum atomic E-state index is 5.48. The van der Waals surface area contributed by atoms with E-state index in [0.29, 0.717) is 12.6 Å². The van der Waals surface area contributed by atoms with Crippen molar-refractivity contribution in [2.24, 2.45) is 0 Å². The Bertz CT molecular complexity index is 298. The summed E-state index contributed by atoms with van der Waals surface area (Å²) in [7, 11) is 0. The van der Waals surface area contributed by atoms with E-state index in [1.54, 1.807) is 0 Å². The molecule has 17 heavy (non-hydrogen) atoms. The molecule has 0 aromatic carbocycles. The molecule has 5 heteroatoms. The van der Waals surface area contributed by atoms with Gasteiger partial charge in [-0.15, -0.1) is 5.10 Å². The largest absolute Gasteiger partial charge is 0.380 e. The SMILES string of the molecule is CCCCOCCn1cc(CNC(C)C)nn1. The van der Waals surface area contributed by atoms with Gasteiger partial charge < -0.3 is 10.1 Å². The van der Waals surface area contributed by atoms with E-state index in [2.05, 4.69) is 36.4 Å². The molecule has 0 aliphatic carbocycles. The normalized spacial score (nSPS) is 11.3. The Morgan fingerprint density at radius 3 is 2.94 bits per heavy atom. The lowest BCUT2D eigenvalue weighted by molar-refractivity contribution is 0.120. The fraction of sp³-hybridized carbons (Fsp3) is 0.833. The van der Waals surface area contributed by atoms with Crippen LogP contribution in [0.2, 0.25) is 0 Å². The first-order chi connectivity index (χ1) is 8.22. The third-order valence-corrected chi connectivity index (χ3v) is 2.38. The zero-order valence-corrected chi connectivity index (χ0v) is 11.1. The van der Waals surface area contributed by atoms with Crippen molar-refractivity contribution in [2.75, 3.05) is 13.2 Å². The van der Waals surface area contributed by atoms with E-state index in [9.17, 15) is 0 Å². The van der Waals surface area contributed by atoms with E-state index in [0.717, 1.165) is 31.8 Å². The molecule has 5 nitrogen and oxygen atoms in total. The smallest absolute Gasteiger partial charge is 0.0964 e. The first-order valence-electron chi connectivity index (χ1n) is 6.42. The van der Waals surface area contributed by atoms with Gasteiger partial charge in [0, 0.05) is 25.4 Å². The van der Waals surface area contributed by atoms with Crippen LogP contribution >= 0.6 is 0 Å². The van der Waals surface area contributed by atoms with Crippen LogP contribution in [0.5, 0.6) is 0 Å². The van der Waals surface area contributed by atoms with Crippen molar-refractivity contribution in [3.05, 3.63) is 11.9 Å². The molecule has 0 saturated heterocycles. The van der Waals surface area contributed by atoms with Crippen LogP contribution in [0.15, 0.2) is 6.20 Å². The third kappa shape index (κ3) is 6.38. The lowest BCUT2D eigenvalue weighted by atomic mass is 10.3. The van der Waals surface area contributed by atoms with Crippen LogP contribution < -0.4 is 5.32 Å². The van der Waals surface area contributed by atoms with Crippen molar-refractivity contribution in [1.29, 1.82) is 0 Å². The molecule has 0 radical (unpaired) electrons. The number of nitrogens with one attached hydrogen (secondary N) is 1. The summed E-state index contributed by atoms with van der Waals surface area (Å²) in [5, 5.41) is 11.5. The van der Waals surface area contributed by atoms with Crippen LogP contribution in [0, 0.1) is 0 Å².